The van der Waals surface area contributed by atoms with Crippen molar-refractivity contribution in [2.75, 3.05) is 13.2 Å². The standard InChI is InChI=1S/C13H16BrF2O3P/c1-4-10-7-8-11(12(14)9-10)13(15,16)20(17,18-5-2)19-6-3/h4,7-9H,1,5-6H2,2-3H3. The van der Waals surface area contributed by atoms with Crippen LogP contribution in [-0.2, 0) is 19.3 Å². The Kier molecular flexibility index (Phi) is 6.07. The van der Waals surface area contributed by atoms with E-state index in [2.05, 4.69) is 22.5 Å². The minimum Gasteiger partial charge on any atom is -0.304 e. The summed E-state index contributed by atoms with van der Waals surface area (Å²) in [6, 6.07) is 4.12. The number of alkyl halides is 2. The van der Waals surface area contributed by atoms with Crippen LogP contribution < -0.4 is 0 Å². The van der Waals surface area contributed by atoms with Crippen molar-refractivity contribution in [3.05, 3.63) is 40.4 Å². The zero-order chi connectivity index (χ0) is 15.4. The maximum atomic E-state index is 14.5. The van der Waals surface area contributed by atoms with Gasteiger partial charge >= 0.3 is 13.3 Å². The molecule has 0 spiro atoms. The molecule has 0 saturated carbocycles. The van der Waals surface area contributed by atoms with Crippen LogP contribution in [0.3, 0.4) is 0 Å². The molecule has 0 aliphatic heterocycles. The molecular weight excluding hydrogens is 353 g/mol. The summed E-state index contributed by atoms with van der Waals surface area (Å²) in [5.41, 5.74) is -3.51. The van der Waals surface area contributed by atoms with Gasteiger partial charge in [-0.05, 0) is 25.5 Å². The second-order valence-corrected chi connectivity index (χ2v) is 6.75. The van der Waals surface area contributed by atoms with Crippen molar-refractivity contribution in [1.29, 1.82) is 0 Å². The third-order valence-electron chi connectivity index (χ3n) is 2.49. The van der Waals surface area contributed by atoms with Gasteiger partial charge in [-0.15, -0.1) is 0 Å². The van der Waals surface area contributed by atoms with E-state index in [-0.39, 0.29) is 17.7 Å². The monoisotopic (exact) mass is 368 g/mol. The van der Waals surface area contributed by atoms with Crippen molar-refractivity contribution in [3.8, 4) is 0 Å². The zero-order valence-corrected chi connectivity index (χ0v) is 13.7. The Labute approximate surface area is 125 Å². The van der Waals surface area contributed by atoms with E-state index >= 15 is 0 Å². The minimum absolute atomic E-state index is 0.125. The van der Waals surface area contributed by atoms with Gasteiger partial charge in [0.15, 0.2) is 0 Å². The van der Waals surface area contributed by atoms with Crippen LogP contribution in [0, 0.1) is 0 Å². The molecule has 0 N–H and O–H groups in total. The summed E-state index contributed by atoms with van der Waals surface area (Å²) in [6.07, 6.45) is 1.53. The molecule has 0 aromatic heterocycles. The molecule has 0 aliphatic rings. The quantitative estimate of drug-likeness (QED) is 0.603. The van der Waals surface area contributed by atoms with Gasteiger partial charge in [0.05, 0.1) is 13.2 Å². The fourth-order valence-corrected chi connectivity index (χ4v) is 3.96. The molecular formula is C13H16BrF2O3P. The van der Waals surface area contributed by atoms with Gasteiger partial charge in [0.1, 0.15) is 0 Å². The van der Waals surface area contributed by atoms with Crippen molar-refractivity contribution in [3.63, 3.8) is 0 Å². The highest BCUT2D eigenvalue weighted by molar-refractivity contribution is 9.10. The van der Waals surface area contributed by atoms with Crippen molar-refractivity contribution in [2.24, 2.45) is 0 Å². The lowest BCUT2D eigenvalue weighted by atomic mass is 10.1. The fraction of sp³-hybridized carbons (Fsp3) is 0.385. The highest BCUT2D eigenvalue weighted by atomic mass is 79.9. The first-order valence-electron chi connectivity index (χ1n) is 6.01. The van der Waals surface area contributed by atoms with E-state index < -0.39 is 18.8 Å². The maximum absolute atomic E-state index is 14.5. The molecule has 0 radical (unpaired) electrons. The molecule has 1 aromatic rings. The molecule has 1 aromatic carbocycles. The van der Waals surface area contributed by atoms with Gasteiger partial charge in [-0.1, -0.05) is 40.7 Å². The van der Waals surface area contributed by atoms with Gasteiger partial charge in [-0.3, -0.25) is 4.57 Å². The summed E-state index contributed by atoms with van der Waals surface area (Å²) in [5.74, 6) is 0. The SMILES string of the molecule is C=Cc1ccc(C(F)(F)P(=O)(OCC)OCC)c(Br)c1. The number of halogens is 3. The van der Waals surface area contributed by atoms with E-state index in [0.29, 0.717) is 5.56 Å². The average Bonchev–Trinajstić information content (AvgIpc) is 2.38. The average molecular weight is 369 g/mol. The second-order valence-electron chi connectivity index (χ2n) is 3.82. The lowest BCUT2D eigenvalue weighted by Crippen LogP contribution is -2.19. The summed E-state index contributed by atoms with van der Waals surface area (Å²) < 4.78 is 50.9. The van der Waals surface area contributed by atoms with Crippen molar-refractivity contribution in [1.82, 2.24) is 0 Å². The molecule has 0 unspecified atom stereocenters. The minimum atomic E-state index is -4.58. The Hall–Kier alpha value is -0.550. The van der Waals surface area contributed by atoms with Crippen LogP contribution in [0.2, 0.25) is 0 Å². The van der Waals surface area contributed by atoms with Crippen LogP contribution in [0.4, 0.5) is 8.78 Å². The van der Waals surface area contributed by atoms with Crippen LogP contribution in [-0.4, -0.2) is 13.2 Å². The van der Waals surface area contributed by atoms with Crippen LogP contribution in [0.5, 0.6) is 0 Å². The van der Waals surface area contributed by atoms with Gasteiger partial charge < -0.3 is 9.05 Å². The highest BCUT2D eigenvalue weighted by Crippen LogP contribution is 2.67. The molecule has 0 amide bonds. The van der Waals surface area contributed by atoms with E-state index in [1.54, 1.807) is 0 Å². The van der Waals surface area contributed by atoms with E-state index in [9.17, 15) is 13.3 Å². The molecule has 0 atom stereocenters. The predicted octanol–water partition coefficient (Wildman–Crippen LogP) is 5.41. The second kappa shape index (κ2) is 6.94. The van der Waals surface area contributed by atoms with Crippen LogP contribution in [0.25, 0.3) is 6.08 Å². The number of rotatable bonds is 7. The molecule has 20 heavy (non-hydrogen) atoms. The molecule has 0 saturated heterocycles. The van der Waals surface area contributed by atoms with Crippen LogP contribution in [0.1, 0.15) is 25.0 Å². The first-order valence-corrected chi connectivity index (χ1v) is 8.35. The van der Waals surface area contributed by atoms with Gasteiger partial charge in [0, 0.05) is 10.0 Å². The lowest BCUT2D eigenvalue weighted by Gasteiger charge is -2.26. The van der Waals surface area contributed by atoms with E-state index in [4.69, 9.17) is 9.05 Å². The Morgan fingerprint density at radius 2 is 1.90 bits per heavy atom. The summed E-state index contributed by atoms with van der Waals surface area (Å²) in [4.78, 5) is 0. The van der Waals surface area contributed by atoms with E-state index in [1.807, 2.05) is 0 Å². The molecule has 3 nitrogen and oxygen atoms in total. The Balaban J connectivity index is 3.32. The third-order valence-corrected chi connectivity index (χ3v) is 5.28. The lowest BCUT2D eigenvalue weighted by molar-refractivity contribution is 0.0354. The van der Waals surface area contributed by atoms with E-state index in [0.717, 1.165) is 0 Å². The molecule has 112 valence electrons. The summed E-state index contributed by atoms with van der Waals surface area (Å²) in [6.45, 7) is 6.27. The van der Waals surface area contributed by atoms with Crippen LogP contribution >= 0.6 is 23.5 Å². The van der Waals surface area contributed by atoms with E-state index in [1.165, 1.54) is 38.1 Å². The van der Waals surface area contributed by atoms with Crippen molar-refractivity contribution < 1.29 is 22.4 Å². The smallest absolute Gasteiger partial charge is 0.304 e. The molecule has 1 rings (SSSR count). The normalized spacial score (nSPS) is 12.4. The highest BCUT2D eigenvalue weighted by Gasteiger charge is 2.55. The third kappa shape index (κ3) is 3.37. The summed E-state index contributed by atoms with van der Waals surface area (Å²) >= 11 is 3.06. The predicted molar refractivity (Wildman–Crippen MR) is 79.0 cm³/mol. The van der Waals surface area contributed by atoms with Gasteiger partial charge in [-0.25, -0.2) is 0 Å². The Bertz CT molecular complexity index is 524. The molecule has 7 heteroatoms. The Morgan fingerprint density at radius 1 is 1.35 bits per heavy atom. The summed E-state index contributed by atoms with van der Waals surface area (Å²) in [7, 11) is -4.58. The van der Waals surface area contributed by atoms with Gasteiger partial charge in [0.25, 0.3) is 0 Å². The Morgan fingerprint density at radius 3 is 2.30 bits per heavy atom. The number of hydrogen-bond donors (Lipinski definition) is 0. The largest absolute Gasteiger partial charge is 0.404 e. The van der Waals surface area contributed by atoms with Gasteiger partial charge in [-0.2, -0.15) is 8.78 Å². The van der Waals surface area contributed by atoms with Crippen molar-refractivity contribution in [2.45, 2.75) is 19.5 Å². The van der Waals surface area contributed by atoms with Crippen LogP contribution in [0.15, 0.2) is 29.3 Å². The molecule has 0 fully saturated rings. The number of hydrogen-bond acceptors (Lipinski definition) is 3. The topological polar surface area (TPSA) is 35.5 Å². The molecule has 0 aliphatic carbocycles. The zero-order valence-electron chi connectivity index (χ0n) is 11.2. The number of benzene rings is 1. The van der Waals surface area contributed by atoms with Crippen molar-refractivity contribution >= 4 is 29.6 Å². The van der Waals surface area contributed by atoms with Gasteiger partial charge in [0.2, 0.25) is 0 Å². The summed E-state index contributed by atoms with van der Waals surface area (Å²) in [5, 5.41) is 0. The molecule has 0 heterocycles. The fourth-order valence-electron chi connectivity index (χ4n) is 1.59. The maximum Gasteiger partial charge on any atom is 0.404 e. The molecule has 0 bridgehead atoms. The first kappa shape index (κ1) is 17.5. The first-order chi connectivity index (χ1) is 9.32.